The third-order valence-corrected chi connectivity index (χ3v) is 1.84. The third kappa shape index (κ3) is 1.74. The maximum Gasteiger partial charge on any atom is 0.358 e. The Morgan fingerprint density at radius 2 is 2.12 bits per heavy atom. The lowest BCUT2D eigenvalue weighted by Crippen LogP contribution is -2.04. The molecule has 0 spiro atoms. The molecule has 1 aromatic carbocycles. The Bertz CT molecular complexity index is 553. The van der Waals surface area contributed by atoms with Gasteiger partial charge in [0.15, 0.2) is 11.5 Å². The van der Waals surface area contributed by atoms with Gasteiger partial charge in [-0.3, -0.25) is 0 Å². The van der Waals surface area contributed by atoms with Gasteiger partial charge in [-0.05, 0) is 12.1 Å². The molecular formula is C9H5F2N3O2. The monoisotopic (exact) mass is 225 g/mol. The van der Waals surface area contributed by atoms with Crippen LogP contribution in [0.5, 0.6) is 0 Å². The Balaban J connectivity index is 2.46. The molecule has 0 aliphatic rings. The van der Waals surface area contributed by atoms with E-state index in [9.17, 15) is 13.6 Å². The summed E-state index contributed by atoms with van der Waals surface area (Å²) in [5, 5.41) is 15.7. The molecule has 0 aliphatic heterocycles. The number of rotatable bonds is 2. The number of carboxylic acids is 1. The molecule has 0 fully saturated rings. The Morgan fingerprint density at radius 1 is 1.38 bits per heavy atom. The Labute approximate surface area is 87.9 Å². The van der Waals surface area contributed by atoms with Crippen LogP contribution in [0, 0.1) is 11.6 Å². The van der Waals surface area contributed by atoms with Crippen molar-refractivity contribution in [3.63, 3.8) is 0 Å². The Kier molecular flexibility index (Phi) is 2.35. The fourth-order valence-electron chi connectivity index (χ4n) is 1.12. The smallest absolute Gasteiger partial charge is 0.358 e. The lowest BCUT2D eigenvalue weighted by atomic mass is 10.3. The topological polar surface area (TPSA) is 68.0 Å². The summed E-state index contributed by atoms with van der Waals surface area (Å²) in [4.78, 5) is 11.3. The van der Waals surface area contributed by atoms with Crippen molar-refractivity contribution in [3.8, 4) is 5.69 Å². The lowest BCUT2D eigenvalue weighted by Gasteiger charge is -2.00. The second-order valence-corrected chi connectivity index (χ2v) is 2.92. The molecular weight excluding hydrogens is 220 g/mol. The van der Waals surface area contributed by atoms with E-state index >= 15 is 0 Å². The first-order valence-corrected chi connectivity index (χ1v) is 4.19. The number of carbonyl (C=O) groups is 1. The van der Waals surface area contributed by atoms with Crippen molar-refractivity contribution in [3.05, 3.63) is 41.7 Å². The number of carboxylic acid groups (broad SMARTS) is 1. The number of hydrogen-bond acceptors (Lipinski definition) is 3. The maximum atomic E-state index is 13.3. The van der Waals surface area contributed by atoms with Crippen molar-refractivity contribution in [1.29, 1.82) is 0 Å². The van der Waals surface area contributed by atoms with E-state index in [1.807, 2.05) is 0 Å². The summed E-state index contributed by atoms with van der Waals surface area (Å²) in [5.74, 6) is -2.87. The fraction of sp³-hybridized carbons (Fsp3) is 0. The van der Waals surface area contributed by atoms with Gasteiger partial charge in [-0.25, -0.2) is 13.6 Å². The first-order valence-electron chi connectivity index (χ1n) is 4.19. The zero-order valence-corrected chi connectivity index (χ0v) is 7.76. The SMILES string of the molecule is O=C(O)c1cnn(-c2ccc(F)cc2F)n1. The summed E-state index contributed by atoms with van der Waals surface area (Å²) < 4.78 is 25.9. The number of aromatic carboxylic acids is 1. The average Bonchev–Trinajstić information content (AvgIpc) is 2.66. The van der Waals surface area contributed by atoms with Crippen LogP contribution in [-0.4, -0.2) is 26.1 Å². The van der Waals surface area contributed by atoms with E-state index < -0.39 is 17.6 Å². The molecule has 7 heteroatoms. The molecule has 5 nitrogen and oxygen atoms in total. The van der Waals surface area contributed by atoms with Crippen LogP contribution in [0.15, 0.2) is 24.4 Å². The van der Waals surface area contributed by atoms with Gasteiger partial charge in [0.25, 0.3) is 0 Å². The van der Waals surface area contributed by atoms with E-state index in [-0.39, 0.29) is 11.4 Å². The summed E-state index contributed by atoms with van der Waals surface area (Å²) in [6.45, 7) is 0. The van der Waals surface area contributed by atoms with Gasteiger partial charge in [0.1, 0.15) is 11.5 Å². The standard InChI is InChI=1S/C9H5F2N3O2/c10-5-1-2-8(6(11)3-5)14-12-4-7(13-14)9(15)16/h1-4H,(H,15,16). The van der Waals surface area contributed by atoms with Gasteiger partial charge in [-0.15, -0.1) is 9.90 Å². The minimum absolute atomic E-state index is 0.117. The van der Waals surface area contributed by atoms with Crippen molar-refractivity contribution in [2.24, 2.45) is 0 Å². The minimum atomic E-state index is -1.27. The fourth-order valence-corrected chi connectivity index (χ4v) is 1.12. The zero-order chi connectivity index (χ0) is 11.7. The third-order valence-electron chi connectivity index (χ3n) is 1.84. The second kappa shape index (κ2) is 3.69. The molecule has 82 valence electrons. The molecule has 1 aromatic heterocycles. The van der Waals surface area contributed by atoms with Crippen LogP contribution in [0.4, 0.5) is 8.78 Å². The van der Waals surface area contributed by atoms with Crippen LogP contribution >= 0.6 is 0 Å². The number of nitrogens with zero attached hydrogens (tertiary/aromatic N) is 3. The highest BCUT2D eigenvalue weighted by Crippen LogP contribution is 2.12. The molecule has 16 heavy (non-hydrogen) atoms. The molecule has 2 aromatic rings. The van der Waals surface area contributed by atoms with E-state index in [4.69, 9.17) is 5.11 Å². The highest BCUT2D eigenvalue weighted by Gasteiger charge is 2.12. The van der Waals surface area contributed by atoms with E-state index in [1.54, 1.807) is 0 Å². The number of hydrogen-bond donors (Lipinski definition) is 1. The van der Waals surface area contributed by atoms with Crippen LogP contribution in [0.2, 0.25) is 0 Å². The number of aromatic nitrogens is 3. The molecule has 1 heterocycles. The van der Waals surface area contributed by atoms with Gasteiger partial charge < -0.3 is 5.11 Å². The highest BCUT2D eigenvalue weighted by molar-refractivity contribution is 5.84. The minimum Gasteiger partial charge on any atom is -0.476 e. The molecule has 0 radical (unpaired) electrons. The van der Waals surface area contributed by atoms with Gasteiger partial charge in [-0.2, -0.15) is 5.10 Å². The summed E-state index contributed by atoms with van der Waals surface area (Å²) in [7, 11) is 0. The zero-order valence-electron chi connectivity index (χ0n) is 7.76. The summed E-state index contributed by atoms with van der Waals surface area (Å²) in [6.07, 6.45) is 0.977. The first-order chi connectivity index (χ1) is 7.58. The molecule has 0 saturated carbocycles. The van der Waals surface area contributed by atoms with Crippen molar-refractivity contribution in [2.75, 3.05) is 0 Å². The molecule has 0 atom stereocenters. The Morgan fingerprint density at radius 3 is 2.69 bits per heavy atom. The van der Waals surface area contributed by atoms with Crippen molar-refractivity contribution in [2.45, 2.75) is 0 Å². The van der Waals surface area contributed by atoms with E-state index in [0.29, 0.717) is 6.07 Å². The first kappa shape index (κ1) is 10.2. The largest absolute Gasteiger partial charge is 0.476 e. The second-order valence-electron chi connectivity index (χ2n) is 2.92. The van der Waals surface area contributed by atoms with Gasteiger partial charge in [0, 0.05) is 6.07 Å². The quantitative estimate of drug-likeness (QED) is 0.834. The molecule has 0 amide bonds. The Hall–Kier alpha value is -2.31. The summed E-state index contributed by atoms with van der Waals surface area (Å²) >= 11 is 0. The van der Waals surface area contributed by atoms with E-state index in [0.717, 1.165) is 23.1 Å². The maximum absolute atomic E-state index is 13.3. The summed E-state index contributed by atoms with van der Waals surface area (Å²) in [5.41, 5.74) is -0.433. The molecule has 0 saturated heterocycles. The van der Waals surface area contributed by atoms with Gasteiger partial charge in [0.05, 0.1) is 6.20 Å². The normalized spacial score (nSPS) is 10.4. The molecule has 0 bridgehead atoms. The molecule has 0 aliphatic carbocycles. The van der Waals surface area contributed by atoms with Crippen LogP contribution in [0.25, 0.3) is 5.69 Å². The van der Waals surface area contributed by atoms with E-state index in [1.165, 1.54) is 0 Å². The lowest BCUT2D eigenvalue weighted by molar-refractivity contribution is 0.0690. The van der Waals surface area contributed by atoms with E-state index in [2.05, 4.69) is 10.2 Å². The van der Waals surface area contributed by atoms with Crippen LogP contribution < -0.4 is 0 Å². The van der Waals surface area contributed by atoms with Gasteiger partial charge in [-0.1, -0.05) is 0 Å². The van der Waals surface area contributed by atoms with Crippen LogP contribution in [-0.2, 0) is 0 Å². The number of halogens is 2. The molecule has 0 unspecified atom stereocenters. The number of benzene rings is 1. The van der Waals surface area contributed by atoms with Crippen molar-refractivity contribution >= 4 is 5.97 Å². The molecule has 1 N–H and O–H groups in total. The van der Waals surface area contributed by atoms with Crippen LogP contribution in [0.1, 0.15) is 10.5 Å². The predicted molar refractivity (Wildman–Crippen MR) is 48.2 cm³/mol. The average molecular weight is 225 g/mol. The van der Waals surface area contributed by atoms with Crippen LogP contribution in [0.3, 0.4) is 0 Å². The van der Waals surface area contributed by atoms with Crippen molar-refractivity contribution in [1.82, 2.24) is 15.0 Å². The molecule has 2 rings (SSSR count). The van der Waals surface area contributed by atoms with Gasteiger partial charge in [0.2, 0.25) is 0 Å². The highest BCUT2D eigenvalue weighted by atomic mass is 19.1. The predicted octanol–water partition coefficient (Wildman–Crippen LogP) is 1.24. The van der Waals surface area contributed by atoms with Crippen molar-refractivity contribution < 1.29 is 18.7 Å². The van der Waals surface area contributed by atoms with Gasteiger partial charge >= 0.3 is 5.97 Å². The summed E-state index contributed by atoms with van der Waals surface area (Å²) in [6, 6.07) is 2.82.